The van der Waals surface area contributed by atoms with Gasteiger partial charge in [0.15, 0.2) is 11.0 Å². The molecule has 1 unspecified atom stereocenters. The molecule has 2 aromatic rings. The summed E-state index contributed by atoms with van der Waals surface area (Å²) in [6.45, 7) is 4.13. The molecule has 2 heterocycles. The van der Waals surface area contributed by atoms with Crippen LogP contribution in [0.5, 0.6) is 0 Å². The number of anilines is 2. The Morgan fingerprint density at radius 3 is 2.81 bits per heavy atom. The molecule has 4 rings (SSSR count). The Balaban J connectivity index is 1.35. The van der Waals surface area contributed by atoms with Gasteiger partial charge in [0.1, 0.15) is 11.5 Å². The molecule has 0 spiro atoms. The number of halogens is 1. The fraction of sp³-hybridized carbons (Fsp3) is 0.474. The third-order valence-electron chi connectivity index (χ3n) is 4.83. The summed E-state index contributed by atoms with van der Waals surface area (Å²) in [6.07, 6.45) is 2.34. The van der Waals surface area contributed by atoms with E-state index in [0.717, 1.165) is 44.9 Å². The minimum absolute atomic E-state index is 0.0879. The molecule has 0 radical (unpaired) electrons. The summed E-state index contributed by atoms with van der Waals surface area (Å²) in [5.74, 6) is 1.85. The zero-order valence-corrected chi connectivity index (χ0v) is 15.5. The van der Waals surface area contributed by atoms with Crippen LogP contribution in [0.3, 0.4) is 0 Å². The largest absolute Gasteiger partial charge is 0.393 e. The van der Waals surface area contributed by atoms with Crippen LogP contribution in [-0.2, 0) is 11.3 Å². The smallest absolute Gasteiger partial charge is 0.157 e. The lowest BCUT2D eigenvalue weighted by molar-refractivity contribution is -0.0240. The van der Waals surface area contributed by atoms with Gasteiger partial charge in [0.25, 0.3) is 0 Å². The van der Waals surface area contributed by atoms with Gasteiger partial charge < -0.3 is 15.8 Å². The minimum atomic E-state index is 0.0879. The van der Waals surface area contributed by atoms with E-state index in [4.69, 9.17) is 22.1 Å². The Labute approximate surface area is 158 Å². The van der Waals surface area contributed by atoms with Crippen molar-refractivity contribution >= 4 is 23.1 Å². The molecule has 1 atom stereocenters. The van der Waals surface area contributed by atoms with Crippen LogP contribution in [0.4, 0.5) is 11.5 Å². The van der Waals surface area contributed by atoms with Crippen molar-refractivity contribution in [2.24, 2.45) is 0 Å². The molecule has 138 valence electrons. The van der Waals surface area contributed by atoms with Gasteiger partial charge in [0.2, 0.25) is 0 Å². The highest BCUT2D eigenvalue weighted by Gasteiger charge is 2.28. The second-order valence-electron chi connectivity index (χ2n) is 7.00. The first-order valence-electron chi connectivity index (χ1n) is 9.13. The van der Waals surface area contributed by atoms with Gasteiger partial charge in [-0.05, 0) is 18.4 Å². The lowest BCUT2D eigenvalue weighted by atomic mass is 10.2. The Kier molecular flexibility index (Phi) is 5.24. The number of nitrogen functional groups attached to an aromatic ring is 1. The normalized spacial score (nSPS) is 20.9. The maximum atomic E-state index is 6.17. The zero-order chi connectivity index (χ0) is 17.9. The van der Waals surface area contributed by atoms with Crippen molar-refractivity contribution in [1.82, 2.24) is 14.9 Å². The third kappa shape index (κ3) is 4.26. The summed E-state index contributed by atoms with van der Waals surface area (Å²) in [4.78, 5) is 11.3. The van der Waals surface area contributed by atoms with Gasteiger partial charge in [-0.1, -0.05) is 41.9 Å². The maximum Gasteiger partial charge on any atom is 0.157 e. The summed E-state index contributed by atoms with van der Waals surface area (Å²) < 4.78 is 5.91. The Hall–Kier alpha value is -1.89. The number of morpholine rings is 1. The Morgan fingerprint density at radius 1 is 1.23 bits per heavy atom. The number of nitrogens with zero attached hydrogens (tertiary/aromatic N) is 3. The number of ether oxygens (including phenoxy) is 1. The van der Waals surface area contributed by atoms with E-state index in [0.29, 0.717) is 29.1 Å². The number of hydrogen-bond donors (Lipinski definition) is 2. The van der Waals surface area contributed by atoms with E-state index in [2.05, 4.69) is 44.5 Å². The number of nitrogens with two attached hydrogens (primary N) is 1. The molecular formula is C19H24ClN5O. The molecular weight excluding hydrogens is 350 g/mol. The van der Waals surface area contributed by atoms with E-state index in [9.17, 15) is 0 Å². The summed E-state index contributed by atoms with van der Waals surface area (Å²) in [5.41, 5.74) is 7.78. The van der Waals surface area contributed by atoms with E-state index < -0.39 is 0 Å². The van der Waals surface area contributed by atoms with Crippen LogP contribution < -0.4 is 11.1 Å². The highest BCUT2D eigenvalue weighted by molar-refractivity contribution is 6.32. The van der Waals surface area contributed by atoms with E-state index in [1.165, 1.54) is 5.56 Å². The van der Waals surface area contributed by atoms with Gasteiger partial charge in [-0.3, -0.25) is 4.90 Å². The van der Waals surface area contributed by atoms with Crippen molar-refractivity contribution in [3.63, 3.8) is 0 Å². The molecule has 2 aliphatic rings. The zero-order valence-electron chi connectivity index (χ0n) is 14.7. The Bertz CT molecular complexity index is 753. The predicted molar refractivity (Wildman–Crippen MR) is 103 cm³/mol. The topological polar surface area (TPSA) is 76.3 Å². The van der Waals surface area contributed by atoms with Crippen LogP contribution in [-0.4, -0.2) is 47.2 Å². The molecule has 2 fully saturated rings. The molecule has 0 amide bonds. The van der Waals surface area contributed by atoms with Crippen molar-refractivity contribution in [3.8, 4) is 0 Å². The van der Waals surface area contributed by atoms with Crippen LogP contribution in [0.2, 0.25) is 5.15 Å². The summed E-state index contributed by atoms with van der Waals surface area (Å²) in [5, 5.41) is 3.65. The van der Waals surface area contributed by atoms with E-state index in [-0.39, 0.29) is 6.10 Å². The second-order valence-corrected chi connectivity index (χ2v) is 7.36. The average Bonchev–Trinajstić information content (AvgIpc) is 3.49. The van der Waals surface area contributed by atoms with Crippen LogP contribution in [0.15, 0.2) is 30.3 Å². The fourth-order valence-electron chi connectivity index (χ4n) is 3.22. The number of rotatable bonds is 6. The van der Waals surface area contributed by atoms with Crippen molar-refractivity contribution < 1.29 is 4.74 Å². The fourth-order valence-corrected chi connectivity index (χ4v) is 3.39. The molecule has 0 bridgehead atoms. The first-order chi connectivity index (χ1) is 12.7. The van der Waals surface area contributed by atoms with Gasteiger partial charge in [0, 0.05) is 32.1 Å². The molecule has 1 saturated carbocycles. The number of nitrogens with one attached hydrogen (secondary N) is 1. The molecule has 3 N–H and O–H groups in total. The molecule has 6 nitrogen and oxygen atoms in total. The van der Waals surface area contributed by atoms with Gasteiger partial charge in [-0.25, -0.2) is 9.97 Å². The molecule has 7 heteroatoms. The summed E-state index contributed by atoms with van der Waals surface area (Å²) in [6, 6.07) is 10.5. The molecule has 1 aromatic heterocycles. The van der Waals surface area contributed by atoms with Crippen molar-refractivity contribution in [1.29, 1.82) is 0 Å². The van der Waals surface area contributed by atoms with Gasteiger partial charge in [-0.2, -0.15) is 0 Å². The lowest BCUT2D eigenvalue weighted by Crippen LogP contribution is -2.44. The molecule has 26 heavy (non-hydrogen) atoms. The highest BCUT2D eigenvalue weighted by Crippen LogP contribution is 2.40. The van der Waals surface area contributed by atoms with Gasteiger partial charge in [0.05, 0.1) is 12.7 Å². The number of hydrogen-bond acceptors (Lipinski definition) is 6. The molecule has 1 aromatic carbocycles. The SMILES string of the molecule is Nc1c(Cl)nc(C2CC2)nc1NCC1CN(Cc2ccccc2)CCO1. The predicted octanol–water partition coefficient (Wildman–Crippen LogP) is 2.90. The van der Waals surface area contributed by atoms with Crippen LogP contribution >= 0.6 is 11.6 Å². The quantitative estimate of drug-likeness (QED) is 0.758. The second kappa shape index (κ2) is 7.78. The van der Waals surface area contributed by atoms with E-state index in [1.807, 2.05) is 6.07 Å². The third-order valence-corrected chi connectivity index (χ3v) is 5.12. The van der Waals surface area contributed by atoms with Crippen molar-refractivity contribution in [3.05, 3.63) is 46.9 Å². The van der Waals surface area contributed by atoms with E-state index in [1.54, 1.807) is 0 Å². The standard InChI is InChI=1S/C19H24ClN5O/c20-17-16(21)19(24-18(23-17)14-6-7-14)22-10-15-12-25(8-9-26-15)11-13-4-2-1-3-5-13/h1-5,14-15H,6-12,21H2,(H,22,23,24). The number of benzene rings is 1. The van der Waals surface area contributed by atoms with Crippen molar-refractivity contribution in [2.45, 2.75) is 31.4 Å². The van der Waals surface area contributed by atoms with E-state index >= 15 is 0 Å². The van der Waals surface area contributed by atoms with Crippen LogP contribution in [0.25, 0.3) is 0 Å². The lowest BCUT2D eigenvalue weighted by Gasteiger charge is -2.33. The monoisotopic (exact) mass is 373 g/mol. The molecule has 1 aliphatic carbocycles. The van der Waals surface area contributed by atoms with Crippen LogP contribution in [0.1, 0.15) is 30.1 Å². The maximum absolute atomic E-state index is 6.17. The van der Waals surface area contributed by atoms with Crippen LogP contribution in [0, 0.1) is 0 Å². The minimum Gasteiger partial charge on any atom is -0.393 e. The first kappa shape index (κ1) is 17.5. The highest BCUT2D eigenvalue weighted by atomic mass is 35.5. The van der Waals surface area contributed by atoms with Crippen molar-refractivity contribution in [2.75, 3.05) is 37.3 Å². The Morgan fingerprint density at radius 2 is 2.04 bits per heavy atom. The summed E-state index contributed by atoms with van der Waals surface area (Å²) >= 11 is 6.17. The molecule has 1 saturated heterocycles. The first-order valence-corrected chi connectivity index (χ1v) is 9.51. The van der Waals surface area contributed by atoms with Gasteiger partial charge >= 0.3 is 0 Å². The number of aromatic nitrogens is 2. The van der Waals surface area contributed by atoms with Gasteiger partial charge in [-0.15, -0.1) is 0 Å². The molecule has 1 aliphatic heterocycles. The summed E-state index contributed by atoms with van der Waals surface area (Å²) in [7, 11) is 0. The average molecular weight is 374 g/mol.